The topological polar surface area (TPSA) is 77.8 Å². The summed E-state index contributed by atoms with van der Waals surface area (Å²) in [6.07, 6.45) is 3.60. The molecule has 0 fully saturated rings. The van der Waals surface area contributed by atoms with Crippen LogP contribution in [0.1, 0.15) is 0 Å². The van der Waals surface area contributed by atoms with Gasteiger partial charge in [0.1, 0.15) is 0 Å². The summed E-state index contributed by atoms with van der Waals surface area (Å²) in [6.45, 7) is 0. The standard InChI is InChI=1S/C10H10I2N4/c13-11-9-5-7(1-3-15-9)8-2-4-16-10(6-8)12-14/h1-6H,13-14H2/q-2. The summed E-state index contributed by atoms with van der Waals surface area (Å²) in [5.41, 5.74) is 2.27. The molecule has 0 saturated heterocycles. The van der Waals surface area contributed by atoms with E-state index in [-0.39, 0.29) is 0 Å². The monoisotopic (exact) mass is 440 g/mol. The number of hydrogen-bond acceptors (Lipinski definition) is 4. The summed E-state index contributed by atoms with van der Waals surface area (Å²) in [4.78, 5) is 8.43. The fourth-order valence-electron chi connectivity index (χ4n) is 1.28. The zero-order valence-corrected chi connectivity index (χ0v) is 12.6. The van der Waals surface area contributed by atoms with Gasteiger partial charge >= 0.3 is 116 Å². The molecule has 0 bridgehead atoms. The van der Waals surface area contributed by atoms with E-state index in [1.807, 2.05) is 24.3 Å². The van der Waals surface area contributed by atoms with E-state index in [1.165, 1.54) is 0 Å². The van der Waals surface area contributed by atoms with Gasteiger partial charge in [-0.05, 0) is 0 Å². The second kappa shape index (κ2) is 5.84. The van der Waals surface area contributed by atoms with Crippen LogP contribution in [0.2, 0.25) is 0 Å². The van der Waals surface area contributed by atoms with Crippen LogP contribution in [-0.2, 0) is 0 Å². The molecule has 2 aromatic heterocycles. The molecular formula is C10H10I2N4-2. The number of aromatic nitrogens is 2. The second-order valence-corrected chi connectivity index (χ2v) is 6.41. The quantitative estimate of drug-likeness (QED) is 0.284. The predicted molar refractivity (Wildman–Crippen MR) is 53.2 cm³/mol. The van der Waals surface area contributed by atoms with Crippen molar-refractivity contribution in [3.8, 4) is 11.1 Å². The summed E-state index contributed by atoms with van der Waals surface area (Å²) in [5.74, 6) is 0. The molecule has 4 nitrogen and oxygen atoms in total. The Hall–Kier alpha value is -0.320. The van der Waals surface area contributed by atoms with Gasteiger partial charge in [-0.3, -0.25) is 0 Å². The van der Waals surface area contributed by atoms with Crippen LogP contribution in [0, 0.1) is 7.40 Å². The van der Waals surface area contributed by atoms with Gasteiger partial charge in [0.15, 0.2) is 0 Å². The van der Waals surface area contributed by atoms with Gasteiger partial charge in [-0.25, -0.2) is 0 Å². The predicted octanol–water partition coefficient (Wildman–Crippen LogP) is -5.59. The van der Waals surface area contributed by atoms with Crippen LogP contribution < -0.4 is 50.9 Å². The number of hydrogen-bond donors (Lipinski definition) is 2. The van der Waals surface area contributed by atoms with Crippen LogP contribution in [0.3, 0.4) is 0 Å². The molecule has 0 atom stereocenters. The Morgan fingerprint density at radius 3 is 1.62 bits per heavy atom. The Balaban J connectivity index is 2.41. The summed E-state index contributed by atoms with van der Waals surface area (Å²) in [6, 6.07) is 8.05. The molecule has 0 saturated carbocycles. The minimum absolute atomic E-state index is 0.456. The summed E-state index contributed by atoms with van der Waals surface area (Å²) >= 11 is -0.911. The van der Waals surface area contributed by atoms with E-state index in [2.05, 4.69) is 9.97 Å². The second-order valence-electron chi connectivity index (χ2n) is 2.95. The third kappa shape index (κ3) is 2.87. The molecule has 4 N–H and O–H groups in total. The van der Waals surface area contributed by atoms with Gasteiger partial charge in [-0.15, -0.1) is 0 Å². The van der Waals surface area contributed by atoms with Crippen molar-refractivity contribution >= 4 is 0 Å². The Kier molecular flexibility index (Phi) is 4.44. The summed E-state index contributed by atoms with van der Waals surface area (Å²) in [5, 5.41) is 0. The average molecular weight is 440 g/mol. The molecule has 0 aromatic carbocycles. The van der Waals surface area contributed by atoms with E-state index < -0.39 is 43.0 Å². The van der Waals surface area contributed by atoms with Crippen LogP contribution in [-0.4, -0.2) is 9.97 Å². The molecule has 0 spiro atoms. The van der Waals surface area contributed by atoms with Crippen molar-refractivity contribution in [2.75, 3.05) is 0 Å². The molecule has 0 aliphatic heterocycles. The average Bonchev–Trinajstić information content (AvgIpc) is 2.39. The van der Waals surface area contributed by atoms with Crippen LogP contribution >= 0.6 is 0 Å². The minimum atomic E-state index is -0.456. The normalized spacial score (nSPS) is 10.9. The van der Waals surface area contributed by atoms with Gasteiger partial charge in [0.2, 0.25) is 0 Å². The fraction of sp³-hybridized carbons (Fsp3) is 0. The molecule has 2 heterocycles. The first-order valence-electron chi connectivity index (χ1n) is 4.43. The van der Waals surface area contributed by atoms with Crippen molar-refractivity contribution in [3.05, 3.63) is 44.1 Å². The van der Waals surface area contributed by atoms with Crippen molar-refractivity contribution in [1.82, 2.24) is 9.97 Å². The first-order chi connectivity index (χ1) is 7.83. The summed E-state index contributed by atoms with van der Waals surface area (Å²) < 4.78 is 13.3. The van der Waals surface area contributed by atoms with Crippen LogP contribution in [0.25, 0.3) is 11.1 Å². The zero-order chi connectivity index (χ0) is 11.4. The molecule has 86 valence electrons. The number of nitrogens with two attached hydrogens (primary N) is 2. The maximum atomic E-state index is 5.67. The first kappa shape index (κ1) is 12.1. The van der Waals surface area contributed by atoms with E-state index in [1.54, 1.807) is 12.4 Å². The number of nitrogens with zero attached hydrogens (tertiary/aromatic N) is 2. The third-order valence-corrected chi connectivity index (χ3v) is 4.47. The van der Waals surface area contributed by atoms with Crippen LogP contribution in [0.4, 0.5) is 0 Å². The molecule has 2 aromatic rings. The molecule has 16 heavy (non-hydrogen) atoms. The Morgan fingerprint density at radius 2 is 1.25 bits per heavy atom. The van der Waals surface area contributed by atoms with E-state index in [9.17, 15) is 0 Å². The number of halogens is 2. The van der Waals surface area contributed by atoms with E-state index >= 15 is 0 Å². The molecule has 0 aliphatic carbocycles. The Bertz CT molecular complexity index is 444. The van der Waals surface area contributed by atoms with Gasteiger partial charge < -0.3 is 0 Å². The van der Waals surface area contributed by atoms with Gasteiger partial charge in [0.25, 0.3) is 0 Å². The van der Waals surface area contributed by atoms with Gasteiger partial charge in [-0.2, -0.15) is 0 Å². The zero-order valence-electron chi connectivity index (χ0n) is 8.27. The van der Waals surface area contributed by atoms with Crippen molar-refractivity contribution in [2.45, 2.75) is 0 Å². The number of pyridine rings is 2. The molecule has 0 radical (unpaired) electrons. The molecular weight excluding hydrogens is 430 g/mol. The van der Waals surface area contributed by atoms with E-state index in [0.717, 1.165) is 18.5 Å². The summed E-state index contributed by atoms with van der Waals surface area (Å²) in [7, 11) is 0. The van der Waals surface area contributed by atoms with E-state index in [0.29, 0.717) is 0 Å². The SMILES string of the molecule is N[I-]c1cc(-c2ccnc([I-]N)c2)ccn1. The number of rotatable bonds is 3. The van der Waals surface area contributed by atoms with Crippen molar-refractivity contribution < 1.29 is 43.0 Å². The van der Waals surface area contributed by atoms with Crippen molar-refractivity contribution in [2.24, 2.45) is 7.89 Å². The molecule has 6 heteroatoms. The van der Waals surface area contributed by atoms with Crippen molar-refractivity contribution in [3.63, 3.8) is 0 Å². The first-order valence-corrected chi connectivity index (χ1v) is 9.08. The Morgan fingerprint density at radius 1 is 0.812 bits per heavy atom. The van der Waals surface area contributed by atoms with Crippen molar-refractivity contribution in [1.29, 1.82) is 0 Å². The van der Waals surface area contributed by atoms with Gasteiger partial charge in [0, 0.05) is 0 Å². The molecule has 0 aliphatic rings. The van der Waals surface area contributed by atoms with Crippen LogP contribution in [0.5, 0.6) is 0 Å². The fourth-order valence-corrected chi connectivity index (χ4v) is 2.96. The van der Waals surface area contributed by atoms with Gasteiger partial charge in [0.05, 0.1) is 0 Å². The molecule has 2 rings (SSSR count). The van der Waals surface area contributed by atoms with E-state index in [4.69, 9.17) is 7.89 Å². The molecule has 0 unspecified atom stereocenters. The Labute approximate surface area is 115 Å². The van der Waals surface area contributed by atoms with Crippen LogP contribution in [0.15, 0.2) is 36.7 Å². The molecule has 0 amide bonds. The maximum absolute atomic E-state index is 5.67. The van der Waals surface area contributed by atoms with Gasteiger partial charge in [-0.1, -0.05) is 0 Å². The third-order valence-electron chi connectivity index (χ3n) is 2.01.